The highest BCUT2D eigenvalue weighted by atomic mass is 79.9. The summed E-state index contributed by atoms with van der Waals surface area (Å²) in [5.41, 5.74) is 3.90. The third-order valence-electron chi connectivity index (χ3n) is 4.65. The fraction of sp³-hybridized carbons (Fsp3) is 0.400. The molecule has 0 aromatic heterocycles. The van der Waals surface area contributed by atoms with Crippen LogP contribution in [0.2, 0.25) is 0 Å². The maximum Gasteiger partial charge on any atom is 0.336 e. The summed E-state index contributed by atoms with van der Waals surface area (Å²) in [6.45, 7) is 4.22. The molecule has 0 radical (unpaired) electrons. The molecular formula is C20H22BrNO3. The van der Waals surface area contributed by atoms with Crippen LogP contribution in [0.15, 0.2) is 51.3 Å². The van der Waals surface area contributed by atoms with Gasteiger partial charge in [0.05, 0.1) is 12.2 Å². The number of benzene rings is 1. The molecule has 2 aliphatic rings. The van der Waals surface area contributed by atoms with E-state index in [0.717, 1.165) is 40.7 Å². The van der Waals surface area contributed by atoms with Crippen molar-refractivity contribution >= 4 is 27.7 Å². The van der Waals surface area contributed by atoms with Gasteiger partial charge in [-0.2, -0.15) is 0 Å². The number of carbonyl (C=O) groups excluding carboxylic acids is 2. The van der Waals surface area contributed by atoms with Gasteiger partial charge in [0.1, 0.15) is 0 Å². The molecule has 0 spiro atoms. The molecule has 1 aliphatic carbocycles. The normalized spacial score (nSPS) is 20.3. The maximum atomic E-state index is 12.8. The first kappa shape index (κ1) is 17.9. The number of halogens is 1. The van der Waals surface area contributed by atoms with Crippen molar-refractivity contribution in [1.82, 2.24) is 5.32 Å². The van der Waals surface area contributed by atoms with Gasteiger partial charge in [-0.3, -0.25) is 4.79 Å². The van der Waals surface area contributed by atoms with Gasteiger partial charge in [0.2, 0.25) is 0 Å². The average molecular weight is 404 g/mol. The Labute approximate surface area is 156 Å². The smallest absolute Gasteiger partial charge is 0.336 e. The van der Waals surface area contributed by atoms with Crippen molar-refractivity contribution in [3.05, 3.63) is 56.8 Å². The number of rotatable bonds is 4. The predicted octanol–water partition coefficient (Wildman–Crippen LogP) is 4.37. The number of ketones is 1. The SMILES string of the molecule is CCCOC(=O)C1=C(C)NC2=C(C(=O)CCC2)C1c1ccccc1Br. The average Bonchev–Trinajstić information content (AvgIpc) is 2.59. The Kier molecular flexibility index (Phi) is 5.42. The first-order valence-electron chi connectivity index (χ1n) is 8.70. The van der Waals surface area contributed by atoms with Crippen molar-refractivity contribution in [1.29, 1.82) is 0 Å². The van der Waals surface area contributed by atoms with Crippen LogP contribution in [0.1, 0.15) is 51.0 Å². The molecule has 0 bridgehead atoms. The second-order valence-corrected chi connectivity index (χ2v) is 7.28. The van der Waals surface area contributed by atoms with Gasteiger partial charge < -0.3 is 10.1 Å². The largest absolute Gasteiger partial charge is 0.462 e. The van der Waals surface area contributed by atoms with E-state index < -0.39 is 0 Å². The summed E-state index contributed by atoms with van der Waals surface area (Å²) in [6, 6.07) is 7.76. The minimum Gasteiger partial charge on any atom is -0.462 e. The van der Waals surface area contributed by atoms with E-state index in [9.17, 15) is 9.59 Å². The number of hydrogen-bond donors (Lipinski definition) is 1. The summed E-state index contributed by atoms with van der Waals surface area (Å²) in [5, 5.41) is 3.30. The number of esters is 1. The molecule has 0 amide bonds. The van der Waals surface area contributed by atoms with Crippen LogP contribution in [0.3, 0.4) is 0 Å². The van der Waals surface area contributed by atoms with Crippen molar-refractivity contribution < 1.29 is 14.3 Å². The van der Waals surface area contributed by atoms with E-state index in [2.05, 4.69) is 21.2 Å². The van der Waals surface area contributed by atoms with E-state index in [1.54, 1.807) is 0 Å². The summed E-state index contributed by atoms with van der Waals surface area (Å²) in [5.74, 6) is -0.621. The molecule has 5 heteroatoms. The lowest BCUT2D eigenvalue weighted by Crippen LogP contribution is -2.34. The Morgan fingerprint density at radius 1 is 1.32 bits per heavy atom. The summed E-state index contributed by atoms with van der Waals surface area (Å²) in [4.78, 5) is 25.5. The molecule has 1 atom stereocenters. The zero-order valence-corrected chi connectivity index (χ0v) is 16.1. The Morgan fingerprint density at radius 2 is 2.08 bits per heavy atom. The van der Waals surface area contributed by atoms with Crippen molar-refractivity contribution in [3.63, 3.8) is 0 Å². The standard InChI is InChI=1S/C20H22BrNO3/c1-3-11-25-20(24)17-12(2)22-15-9-6-10-16(23)19(15)18(17)13-7-4-5-8-14(13)21/h4-5,7-8,18,22H,3,6,9-11H2,1-2H3. The minimum atomic E-state index is -0.385. The molecule has 4 nitrogen and oxygen atoms in total. The second-order valence-electron chi connectivity index (χ2n) is 6.42. The molecule has 0 saturated heterocycles. The van der Waals surface area contributed by atoms with Gasteiger partial charge in [-0.25, -0.2) is 4.79 Å². The van der Waals surface area contributed by atoms with Crippen molar-refractivity contribution in [3.8, 4) is 0 Å². The third-order valence-corrected chi connectivity index (χ3v) is 5.37. The van der Waals surface area contributed by atoms with Crippen molar-refractivity contribution in [2.75, 3.05) is 6.61 Å². The van der Waals surface area contributed by atoms with Crippen LogP contribution in [-0.2, 0) is 14.3 Å². The first-order valence-corrected chi connectivity index (χ1v) is 9.49. The van der Waals surface area contributed by atoms with Gasteiger partial charge in [-0.15, -0.1) is 0 Å². The van der Waals surface area contributed by atoms with Gasteiger partial charge in [0.15, 0.2) is 5.78 Å². The van der Waals surface area contributed by atoms with E-state index in [4.69, 9.17) is 4.74 Å². The quantitative estimate of drug-likeness (QED) is 0.758. The predicted molar refractivity (Wildman–Crippen MR) is 99.9 cm³/mol. The zero-order chi connectivity index (χ0) is 18.0. The maximum absolute atomic E-state index is 12.8. The molecule has 1 heterocycles. The highest BCUT2D eigenvalue weighted by Gasteiger charge is 2.39. The summed E-state index contributed by atoms with van der Waals surface area (Å²) in [6.07, 6.45) is 2.96. The molecule has 1 aromatic carbocycles. The summed E-state index contributed by atoms with van der Waals surface area (Å²) < 4.78 is 6.31. The van der Waals surface area contributed by atoms with Crippen LogP contribution in [0.5, 0.6) is 0 Å². The van der Waals surface area contributed by atoms with Gasteiger partial charge in [0, 0.05) is 33.8 Å². The molecule has 1 N–H and O–H groups in total. The zero-order valence-electron chi connectivity index (χ0n) is 14.5. The lowest BCUT2D eigenvalue weighted by atomic mass is 9.75. The van der Waals surface area contributed by atoms with E-state index in [-0.39, 0.29) is 17.7 Å². The van der Waals surface area contributed by atoms with Crippen molar-refractivity contribution in [2.45, 2.75) is 45.4 Å². The molecule has 1 unspecified atom stereocenters. The molecule has 132 valence electrons. The Bertz CT molecular complexity index is 779. The minimum absolute atomic E-state index is 0.114. The summed E-state index contributed by atoms with van der Waals surface area (Å²) >= 11 is 3.59. The molecular weight excluding hydrogens is 382 g/mol. The molecule has 1 aromatic rings. The summed E-state index contributed by atoms with van der Waals surface area (Å²) in [7, 11) is 0. The molecule has 0 saturated carbocycles. The fourth-order valence-corrected chi connectivity index (χ4v) is 4.06. The molecule has 3 rings (SSSR count). The molecule has 0 fully saturated rings. The van der Waals surface area contributed by atoms with E-state index in [0.29, 0.717) is 24.2 Å². The van der Waals surface area contributed by atoms with Crippen molar-refractivity contribution in [2.24, 2.45) is 0 Å². The number of Topliss-reactive ketones (excluding diaryl/α,β-unsaturated/α-hetero) is 1. The molecule has 1 aliphatic heterocycles. The van der Waals surface area contributed by atoms with Gasteiger partial charge in [-0.1, -0.05) is 41.1 Å². The topological polar surface area (TPSA) is 55.4 Å². The second kappa shape index (κ2) is 7.56. The monoisotopic (exact) mass is 403 g/mol. The van der Waals surface area contributed by atoms with E-state index in [1.807, 2.05) is 38.1 Å². The Hall–Kier alpha value is -1.88. The van der Waals surface area contributed by atoms with Gasteiger partial charge in [-0.05, 0) is 37.8 Å². The van der Waals surface area contributed by atoms with Crippen LogP contribution in [0.4, 0.5) is 0 Å². The fourth-order valence-electron chi connectivity index (χ4n) is 3.55. The van der Waals surface area contributed by atoms with Gasteiger partial charge in [0.25, 0.3) is 0 Å². The number of hydrogen-bond acceptors (Lipinski definition) is 4. The highest BCUT2D eigenvalue weighted by Crippen LogP contribution is 2.44. The Balaban J connectivity index is 2.14. The number of carbonyl (C=O) groups is 2. The van der Waals surface area contributed by atoms with E-state index in [1.165, 1.54) is 0 Å². The highest BCUT2D eigenvalue weighted by molar-refractivity contribution is 9.10. The van der Waals surface area contributed by atoms with Crippen LogP contribution in [-0.4, -0.2) is 18.4 Å². The van der Waals surface area contributed by atoms with Crippen LogP contribution in [0, 0.1) is 0 Å². The first-order chi connectivity index (χ1) is 12.0. The number of allylic oxidation sites excluding steroid dienone is 3. The third kappa shape index (κ3) is 3.43. The lowest BCUT2D eigenvalue weighted by Gasteiger charge is -2.34. The molecule has 25 heavy (non-hydrogen) atoms. The number of nitrogens with one attached hydrogen (secondary N) is 1. The lowest BCUT2D eigenvalue weighted by molar-refractivity contribution is -0.139. The number of ether oxygens (including phenoxy) is 1. The van der Waals surface area contributed by atoms with E-state index >= 15 is 0 Å². The van der Waals surface area contributed by atoms with Crippen LogP contribution in [0.25, 0.3) is 0 Å². The Morgan fingerprint density at radius 3 is 2.80 bits per heavy atom. The van der Waals surface area contributed by atoms with Gasteiger partial charge >= 0.3 is 5.97 Å². The number of dihydropyridines is 1. The van der Waals surface area contributed by atoms with Crippen LogP contribution < -0.4 is 5.32 Å². The van der Waals surface area contributed by atoms with Crippen LogP contribution >= 0.6 is 15.9 Å².